The molecule has 5 heterocycles. The molecule has 11 heteroatoms. The van der Waals surface area contributed by atoms with Gasteiger partial charge in [0.25, 0.3) is 11.5 Å². The lowest BCUT2D eigenvalue weighted by atomic mass is 9.94. The van der Waals surface area contributed by atoms with Gasteiger partial charge in [0, 0.05) is 37.0 Å². The number of aromatic nitrogens is 2. The number of rotatable bonds is 5. The molecule has 35 heavy (non-hydrogen) atoms. The van der Waals surface area contributed by atoms with Gasteiger partial charge in [0.05, 0.1) is 29.5 Å². The predicted molar refractivity (Wildman–Crippen MR) is 124 cm³/mol. The van der Waals surface area contributed by atoms with Crippen molar-refractivity contribution < 1.29 is 23.5 Å². The first-order valence-corrected chi connectivity index (χ1v) is 11.4. The standard InChI is InChI=1S/C24H22FN5O5/c25-17-9-27-18-2-4-22(32)30-10-13(5-16(17)23(18)30)7-26-8-15-11-29(24(33)35-15)14-1-3-20-19(6-14)28-21(31)12-34-20/h1-4,6,9,13,15,26H,5,7-8,10-12H2,(H,28,31)/t13-,15+/m0/s1. The van der Waals surface area contributed by atoms with Gasteiger partial charge in [-0.15, -0.1) is 0 Å². The normalized spacial score (nSPS) is 20.9. The number of nitrogens with zero attached hydrogens (tertiary/aromatic N) is 3. The Kier molecular flexibility index (Phi) is 5.14. The summed E-state index contributed by atoms with van der Waals surface area (Å²) in [5, 5.41) is 6.05. The van der Waals surface area contributed by atoms with Gasteiger partial charge in [-0.05, 0) is 36.6 Å². The maximum Gasteiger partial charge on any atom is 0.414 e. The van der Waals surface area contributed by atoms with Crippen LogP contribution in [0.1, 0.15) is 5.56 Å². The molecule has 1 saturated heterocycles. The number of fused-ring (bicyclic) bond motifs is 1. The third-order valence-electron chi connectivity index (χ3n) is 6.57. The summed E-state index contributed by atoms with van der Waals surface area (Å²) >= 11 is 0. The summed E-state index contributed by atoms with van der Waals surface area (Å²) in [6.45, 7) is 1.70. The Hall–Kier alpha value is -3.99. The zero-order valence-electron chi connectivity index (χ0n) is 18.6. The molecule has 2 aromatic heterocycles. The lowest BCUT2D eigenvalue weighted by Gasteiger charge is -2.27. The minimum Gasteiger partial charge on any atom is -0.482 e. The van der Waals surface area contributed by atoms with Crippen molar-refractivity contribution in [2.75, 3.05) is 36.5 Å². The lowest BCUT2D eigenvalue weighted by molar-refractivity contribution is -0.118. The largest absolute Gasteiger partial charge is 0.482 e. The first-order chi connectivity index (χ1) is 17.0. The highest BCUT2D eigenvalue weighted by molar-refractivity contribution is 5.97. The van der Waals surface area contributed by atoms with E-state index in [2.05, 4.69) is 15.6 Å². The Bertz CT molecular complexity index is 1420. The first kappa shape index (κ1) is 21.5. The highest BCUT2D eigenvalue weighted by Crippen LogP contribution is 2.33. The fourth-order valence-electron chi connectivity index (χ4n) is 4.96. The Labute approximate surface area is 198 Å². The molecule has 0 radical (unpaired) electrons. The molecule has 2 N–H and O–H groups in total. The molecule has 3 aliphatic rings. The van der Waals surface area contributed by atoms with E-state index in [-0.39, 0.29) is 30.1 Å². The molecule has 0 aliphatic carbocycles. The van der Waals surface area contributed by atoms with Crippen molar-refractivity contribution in [1.29, 1.82) is 0 Å². The highest BCUT2D eigenvalue weighted by atomic mass is 19.1. The number of amides is 2. The summed E-state index contributed by atoms with van der Waals surface area (Å²) in [5.74, 6) is -0.107. The van der Waals surface area contributed by atoms with Crippen LogP contribution in [0.3, 0.4) is 0 Å². The van der Waals surface area contributed by atoms with Crippen molar-refractivity contribution in [2.45, 2.75) is 19.1 Å². The summed E-state index contributed by atoms with van der Waals surface area (Å²) in [5.41, 5.74) is 2.62. The number of cyclic esters (lactones) is 1. The summed E-state index contributed by atoms with van der Waals surface area (Å²) in [7, 11) is 0. The molecule has 0 saturated carbocycles. The van der Waals surface area contributed by atoms with Gasteiger partial charge >= 0.3 is 6.09 Å². The number of nitrogens with one attached hydrogen (secondary N) is 2. The first-order valence-electron chi connectivity index (χ1n) is 11.4. The number of carbonyl (C=O) groups excluding carboxylic acids is 2. The number of ether oxygens (including phenoxy) is 2. The lowest BCUT2D eigenvalue weighted by Crippen LogP contribution is -2.38. The van der Waals surface area contributed by atoms with Crippen LogP contribution < -0.4 is 25.8 Å². The fraction of sp³-hybridized carbons (Fsp3) is 0.333. The molecule has 0 spiro atoms. The van der Waals surface area contributed by atoms with Gasteiger partial charge in [0.2, 0.25) is 0 Å². The van der Waals surface area contributed by atoms with E-state index in [1.54, 1.807) is 28.8 Å². The van der Waals surface area contributed by atoms with Gasteiger partial charge in [-0.2, -0.15) is 0 Å². The van der Waals surface area contributed by atoms with Crippen molar-refractivity contribution in [3.8, 4) is 5.75 Å². The summed E-state index contributed by atoms with van der Waals surface area (Å²) in [6.07, 6.45) is 0.833. The van der Waals surface area contributed by atoms with Crippen LogP contribution in [0.4, 0.5) is 20.6 Å². The molecule has 0 bridgehead atoms. The van der Waals surface area contributed by atoms with Crippen LogP contribution in [-0.4, -0.2) is 53.9 Å². The van der Waals surface area contributed by atoms with Crippen LogP contribution >= 0.6 is 0 Å². The minimum absolute atomic E-state index is 0.000153. The van der Waals surface area contributed by atoms with E-state index in [0.29, 0.717) is 66.3 Å². The molecule has 2 atom stereocenters. The zero-order chi connectivity index (χ0) is 24.1. The van der Waals surface area contributed by atoms with E-state index >= 15 is 0 Å². The molecule has 10 nitrogen and oxygen atoms in total. The average Bonchev–Trinajstić information content (AvgIpc) is 3.22. The number of benzene rings is 1. The van der Waals surface area contributed by atoms with Crippen LogP contribution in [0.5, 0.6) is 5.75 Å². The molecule has 2 amide bonds. The van der Waals surface area contributed by atoms with E-state index in [4.69, 9.17) is 9.47 Å². The second kappa shape index (κ2) is 8.35. The smallest absolute Gasteiger partial charge is 0.414 e. The Morgan fingerprint density at radius 1 is 1.14 bits per heavy atom. The van der Waals surface area contributed by atoms with Gasteiger partial charge in [0.1, 0.15) is 17.7 Å². The molecule has 0 unspecified atom stereocenters. The van der Waals surface area contributed by atoms with E-state index in [9.17, 15) is 18.8 Å². The van der Waals surface area contributed by atoms with Gasteiger partial charge in [-0.1, -0.05) is 0 Å². The molecule has 3 aromatic rings. The highest BCUT2D eigenvalue weighted by Gasteiger charge is 2.33. The van der Waals surface area contributed by atoms with Gasteiger partial charge < -0.3 is 24.7 Å². The predicted octanol–water partition coefficient (Wildman–Crippen LogP) is 1.65. The Morgan fingerprint density at radius 2 is 2.03 bits per heavy atom. The second-order valence-electron chi connectivity index (χ2n) is 8.96. The summed E-state index contributed by atoms with van der Waals surface area (Å²) in [6, 6.07) is 8.22. The van der Waals surface area contributed by atoms with Crippen LogP contribution in [0, 0.1) is 11.7 Å². The van der Waals surface area contributed by atoms with E-state index in [0.717, 1.165) is 0 Å². The van der Waals surface area contributed by atoms with Gasteiger partial charge in [-0.3, -0.25) is 19.5 Å². The number of anilines is 2. The molecule has 1 aromatic carbocycles. The van der Waals surface area contributed by atoms with Crippen molar-refractivity contribution in [3.63, 3.8) is 0 Å². The monoisotopic (exact) mass is 479 g/mol. The van der Waals surface area contributed by atoms with Crippen molar-refractivity contribution >= 4 is 34.4 Å². The van der Waals surface area contributed by atoms with Crippen molar-refractivity contribution in [3.05, 3.63) is 58.3 Å². The molecule has 180 valence electrons. The van der Waals surface area contributed by atoms with E-state index < -0.39 is 11.9 Å². The molecular weight excluding hydrogens is 457 g/mol. The maximum atomic E-state index is 14.5. The third-order valence-corrected chi connectivity index (χ3v) is 6.57. The maximum absolute atomic E-state index is 14.5. The quantitative estimate of drug-likeness (QED) is 0.572. The average molecular weight is 479 g/mol. The molecule has 6 rings (SSSR count). The number of carbonyl (C=O) groups is 2. The number of hydrogen-bond donors (Lipinski definition) is 2. The van der Waals surface area contributed by atoms with Crippen molar-refractivity contribution in [2.24, 2.45) is 5.92 Å². The molecule has 1 fully saturated rings. The zero-order valence-corrected chi connectivity index (χ0v) is 18.6. The fourth-order valence-corrected chi connectivity index (χ4v) is 4.96. The summed E-state index contributed by atoms with van der Waals surface area (Å²) in [4.78, 5) is 42.1. The SMILES string of the molecule is O=C1COc2ccc(N3C[C@@H](CNC[C@@H]4Cc5c(F)cnc6ccc(=O)n(c56)C4)OC3=O)cc2N1. The molecular formula is C24H22FN5O5. The van der Waals surface area contributed by atoms with Gasteiger partial charge in [0.15, 0.2) is 6.61 Å². The summed E-state index contributed by atoms with van der Waals surface area (Å²) < 4.78 is 26.9. The Morgan fingerprint density at radius 3 is 2.91 bits per heavy atom. The molecule has 3 aliphatic heterocycles. The number of hydrogen-bond acceptors (Lipinski definition) is 7. The van der Waals surface area contributed by atoms with Crippen LogP contribution in [0.15, 0.2) is 41.3 Å². The van der Waals surface area contributed by atoms with E-state index in [1.165, 1.54) is 17.2 Å². The third kappa shape index (κ3) is 3.87. The second-order valence-corrected chi connectivity index (χ2v) is 8.96. The Balaban J connectivity index is 1.09. The minimum atomic E-state index is -0.473. The number of pyridine rings is 2. The topological polar surface area (TPSA) is 115 Å². The van der Waals surface area contributed by atoms with Crippen LogP contribution in [0.25, 0.3) is 11.0 Å². The van der Waals surface area contributed by atoms with Crippen LogP contribution in [0.2, 0.25) is 0 Å². The number of halogens is 1. The van der Waals surface area contributed by atoms with Crippen LogP contribution in [-0.2, 0) is 22.5 Å². The van der Waals surface area contributed by atoms with Crippen molar-refractivity contribution in [1.82, 2.24) is 14.9 Å². The van der Waals surface area contributed by atoms with Gasteiger partial charge in [-0.25, -0.2) is 9.18 Å². The van der Waals surface area contributed by atoms with E-state index in [1.807, 2.05) is 0 Å².